The molecule has 0 saturated carbocycles. The van der Waals surface area contributed by atoms with Crippen LogP contribution >= 0.6 is 0 Å². The Morgan fingerprint density at radius 1 is 1.22 bits per heavy atom. The molecular formula is C21H26F2N2O2. The van der Waals surface area contributed by atoms with Crippen molar-refractivity contribution in [1.29, 1.82) is 0 Å². The number of carbonyl (C=O) groups excluding carboxylic acids is 1. The number of pyridine rings is 1. The summed E-state index contributed by atoms with van der Waals surface area (Å²) in [5.41, 5.74) is 1.28. The van der Waals surface area contributed by atoms with Gasteiger partial charge in [-0.05, 0) is 41.8 Å². The van der Waals surface area contributed by atoms with Crippen molar-refractivity contribution in [3.05, 3.63) is 59.4 Å². The molecule has 4 nitrogen and oxygen atoms in total. The average molecular weight is 376 g/mol. The van der Waals surface area contributed by atoms with E-state index in [9.17, 15) is 13.6 Å². The number of nitrogens with one attached hydrogen (secondary N) is 1. The Balaban J connectivity index is 1.80. The van der Waals surface area contributed by atoms with Crippen molar-refractivity contribution in [1.82, 2.24) is 10.3 Å². The fraction of sp³-hybridized carbons (Fsp3) is 0.429. The number of rotatable bonds is 9. The summed E-state index contributed by atoms with van der Waals surface area (Å²) in [5.74, 6) is -2.06. The van der Waals surface area contributed by atoms with Crippen LogP contribution in [0.2, 0.25) is 0 Å². The number of benzene rings is 1. The van der Waals surface area contributed by atoms with Gasteiger partial charge in [0.25, 0.3) is 11.8 Å². The Hall–Kier alpha value is -2.50. The zero-order valence-corrected chi connectivity index (χ0v) is 16.0. The summed E-state index contributed by atoms with van der Waals surface area (Å²) < 4.78 is 31.9. The van der Waals surface area contributed by atoms with E-state index in [1.165, 1.54) is 24.3 Å². The maximum atomic E-state index is 13.2. The molecule has 1 unspecified atom stereocenters. The first-order valence-electron chi connectivity index (χ1n) is 9.14. The summed E-state index contributed by atoms with van der Waals surface area (Å²) in [4.78, 5) is 16.2. The molecular weight excluding hydrogens is 350 g/mol. The molecule has 146 valence electrons. The highest BCUT2D eigenvalue weighted by atomic mass is 19.3. The van der Waals surface area contributed by atoms with E-state index in [1.54, 1.807) is 12.3 Å². The van der Waals surface area contributed by atoms with Gasteiger partial charge in [-0.15, -0.1) is 0 Å². The van der Waals surface area contributed by atoms with E-state index < -0.39 is 5.92 Å². The molecule has 1 amide bonds. The van der Waals surface area contributed by atoms with E-state index in [-0.39, 0.29) is 11.5 Å². The lowest BCUT2D eigenvalue weighted by Gasteiger charge is -2.12. The van der Waals surface area contributed by atoms with Gasteiger partial charge in [0.15, 0.2) is 0 Å². The number of aromatic nitrogens is 1. The number of hydrogen-bond donors (Lipinski definition) is 1. The minimum absolute atomic E-state index is 0.0405. The normalized spacial score (nSPS) is 12.5. The quantitative estimate of drug-likeness (QED) is 0.696. The SMILES string of the molecule is CCC(C)CNC(=O)c1ccc(CCOc2ccc(C(C)(F)F)cc2)cn1. The lowest BCUT2D eigenvalue weighted by atomic mass is 10.1. The third-order valence-corrected chi connectivity index (χ3v) is 4.39. The number of ether oxygens (including phenoxy) is 1. The number of carbonyl (C=O) groups is 1. The molecule has 2 rings (SSSR count). The Kier molecular flexibility index (Phi) is 7.28. The lowest BCUT2D eigenvalue weighted by molar-refractivity contribution is 0.0174. The fourth-order valence-corrected chi connectivity index (χ4v) is 2.34. The predicted molar refractivity (Wildman–Crippen MR) is 101 cm³/mol. The molecule has 0 saturated heterocycles. The predicted octanol–water partition coefficient (Wildman–Crippen LogP) is 4.59. The Labute approximate surface area is 159 Å². The van der Waals surface area contributed by atoms with E-state index >= 15 is 0 Å². The second kappa shape index (κ2) is 9.44. The van der Waals surface area contributed by atoms with Crippen molar-refractivity contribution in [3.8, 4) is 5.75 Å². The first kappa shape index (κ1) is 20.8. The molecule has 0 aliphatic rings. The molecule has 0 aliphatic carbocycles. The maximum Gasteiger partial charge on any atom is 0.270 e. The van der Waals surface area contributed by atoms with Crippen LogP contribution in [-0.2, 0) is 12.3 Å². The highest BCUT2D eigenvalue weighted by molar-refractivity contribution is 5.92. The molecule has 1 heterocycles. The number of hydrogen-bond acceptors (Lipinski definition) is 3. The van der Waals surface area contributed by atoms with Gasteiger partial charge in [-0.25, -0.2) is 8.78 Å². The minimum atomic E-state index is -2.85. The van der Waals surface area contributed by atoms with Gasteiger partial charge in [0.2, 0.25) is 0 Å². The van der Waals surface area contributed by atoms with Crippen molar-refractivity contribution < 1.29 is 18.3 Å². The highest BCUT2D eigenvalue weighted by Crippen LogP contribution is 2.28. The van der Waals surface area contributed by atoms with Crippen molar-refractivity contribution in [2.45, 2.75) is 39.5 Å². The van der Waals surface area contributed by atoms with Crippen molar-refractivity contribution in [3.63, 3.8) is 0 Å². The molecule has 27 heavy (non-hydrogen) atoms. The number of alkyl halides is 2. The molecule has 1 aromatic carbocycles. The summed E-state index contributed by atoms with van der Waals surface area (Å²) in [7, 11) is 0. The molecule has 1 aromatic heterocycles. The summed E-state index contributed by atoms with van der Waals surface area (Å²) in [5, 5.41) is 2.87. The highest BCUT2D eigenvalue weighted by Gasteiger charge is 2.23. The number of amides is 1. The van der Waals surface area contributed by atoms with E-state index in [2.05, 4.69) is 24.1 Å². The summed E-state index contributed by atoms with van der Waals surface area (Å²) >= 11 is 0. The third-order valence-electron chi connectivity index (χ3n) is 4.39. The van der Waals surface area contributed by atoms with Gasteiger partial charge in [0.05, 0.1) is 6.61 Å². The molecule has 6 heteroatoms. The molecule has 0 radical (unpaired) electrons. The van der Waals surface area contributed by atoms with Crippen LogP contribution in [0.25, 0.3) is 0 Å². The van der Waals surface area contributed by atoms with Crippen LogP contribution in [0.5, 0.6) is 5.75 Å². The van der Waals surface area contributed by atoms with Crippen LogP contribution < -0.4 is 10.1 Å². The third kappa shape index (κ3) is 6.62. The summed E-state index contributed by atoms with van der Waals surface area (Å²) in [6.07, 6.45) is 3.27. The lowest BCUT2D eigenvalue weighted by Crippen LogP contribution is -2.28. The zero-order valence-electron chi connectivity index (χ0n) is 16.0. The Bertz CT molecular complexity index is 725. The van der Waals surface area contributed by atoms with E-state index in [0.717, 1.165) is 18.9 Å². The minimum Gasteiger partial charge on any atom is -0.493 e. The Morgan fingerprint density at radius 3 is 2.48 bits per heavy atom. The van der Waals surface area contributed by atoms with Gasteiger partial charge in [-0.1, -0.05) is 26.3 Å². The monoisotopic (exact) mass is 376 g/mol. The van der Waals surface area contributed by atoms with Crippen molar-refractivity contribution in [2.24, 2.45) is 5.92 Å². The van der Waals surface area contributed by atoms with E-state index in [1.807, 2.05) is 6.07 Å². The zero-order chi connectivity index (χ0) is 19.9. The van der Waals surface area contributed by atoms with Crippen molar-refractivity contribution >= 4 is 5.91 Å². The van der Waals surface area contributed by atoms with E-state index in [4.69, 9.17) is 4.74 Å². The molecule has 0 spiro atoms. The van der Waals surface area contributed by atoms with Crippen LogP contribution in [0.3, 0.4) is 0 Å². The fourth-order valence-electron chi connectivity index (χ4n) is 2.34. The van der Waals surface area contributed by atoms with Crippen LogP contribution in [-0.4, -0.2) is 24.0 Å². The van der Waals surface area contributed by atoms with Crippen LogP contribution in [0.15, 0.2) is 42.6 Å². The number of halogens is 2. The van der Waals surface area contributed by atoms with Crippen LogP contribution in [0, 0.1) is 5.92 Å². The molecule has 0 bridgehead atoms. The van der Waals surface area contributed by atoms with Gasteiger partial charge in [-0.3, -0.25) is 9.78 Å². The second-order valence-corrected chi connectivity index (χ2v) is 6.79. The molecule has 1 N–H and O–H groups in total. The standard InChI is InChI=1S/C21H26F2N2O2/c1-4-15(2)13-25-20(26)19-10-5-16(14-24-19)11-12-27-18-8-6-17(7-9-18)21(3,22)23/h5-10,14-15H,4,11-13H2,1-3H3,(H,25,26). The van der Waals surface area contributed by atoms with Gasteiger partial charge in [0, 0.05) is 31.6 Å². The van der Waals surface area contributed by atoms with E-state index in [0.29, 0.717) is 36.9 Å². The maximum absolute atomic E-state index is 13.2. The second-order valence-electron chi connectivity index (χ2n) is 6.79. The van der Waals surface area contributed by atoms with Gasteiger partial charge in [0.1, 0.15) is 11.4 Å². The largest absolute Gasteiger partial charge is 0.493 e. The molecule has 2 aromatic rings. The van der Waals surface area contributed by atoms with Gasteiger partial charge >= 0.3 is 0 Å². The van der Waals surface area contributed by atoms with Crippen LogP contribution in [0.4, 0.5) is 8.78 Å². The smallest absolute Gasteiger partial charge is 0.270 e. The average Bonchev–Trinajstić information content (AvgIpc) is 2.66. The summed E-state index contributed by atoms with van der Waals surface area (Å²) in [6.45, 7) is 6.06. The van der Waals surface area contributed by atoms with Crippen LogP contribution in [0.1, 0.15) is 48.8 Å². The molecule has 0 fully saturated rings. The Morgan fingerprint density at radius 2 is 1.93 bits per heavy atom. The summed E-state index contributed by atoms with van der Waals surface area (Å²) in [6, 6.07) is 9.34. The van der Waals surface area contributed by atoms with Crippen molar-refractivity contribution in [2.75, 3.05) is 13.2 Å². The van der Waals surface area contributed by atoms with Gasteiger partial charge in [-0.2, -0.15) is 0 Å². The first-order valence-corrected chi connectivity index (χ1v) is 9.14. The van der Waals surface area contributed by atoms with Gasteiger partial charge < -0.3 is 10.1 Å². The number of nitrogens with zero attached hydrogens (tertiary/aromatic N) is 1. The first-order chi connectivity index (χ1) is 12.8. The topological polar surface area (TPSA) is 51.2 Å². The molecule has 1 atom stereocenters. The molecule has 0 aliphatic heterocycles.